The molecule has 0 heterocycles. The van der Waals surface area contributed by atoms with E-state index in [4.69, 9.17) is 19.9 Å². The summed E-state index contributed by atoms with van der Waals surface area (Å²) in [6.45, 7) is 2.69. The van der Waals surface area contributed by atoms with Crippen LogP contribution in [0.25, 0.3) is 0 Å². The fraction of sp³-hybridized carbons (Fsp3) is 0.538. The van der Waals surface area contributed by atoms with Gasteiger partial charge in [-0.2, -0.15) is 0 Å². The van der Waals surface area contributed by atoms with Gasteiger partial charge in [0, 0.05) is 31.8 Å². The van der Waals surface area contributed by atoms with Gasteiger partial charge in [0.1, 0.15) is 5.75 Å². The van der Waals surface area contributed by atoms with Crippen molar-refractivity contribution in [2.24, 2.45) is 5.73 Å². The van der Waals surface area contributed by atoms with Gasteiger partial charge < -0.3 is 24.8 Å². The van der Waals surface area contributed by atoms with Crippen molar-refractivity contribution in [1.82, 2.24) is 0 Å². The molecule has 1 unspecified atom stereocenters. The van der Waals surface area contributed by atoms with Crippen LogP contribution in [0, 0.1) is 0 Å². The maximum Gasteiger partial charge on any atom is 0.164 e. The highest BCUT2D eigenvalue weighted by atomic mass is 16.5. The van der Waals surface area contributed by atoms with Gasteiger partial charge >= 0.3 is 0 Å². The van der Waals surface area contributed by atoms with Gasteiger partial charge in [0.15, 0.2) is 11.5 Å². The van der Waals surface area contributed by atoms with Crippen molar-refractivity contribution in [3.8, 4) is 17.2 Å². The van der Waals surface area contributed by atoms with E-state index in [2.05, 4.69) is 0 Å². The van der Waals surface area contributed by atoms with Gasteiger partial charge in [-0.15, -0.1) is 0 Å². The SMILES string of the molecule is COc1cc(OC)c(N(C)CC(C)N)cc1OC. The number of ether oxygens (including phenoxy) is 3. The second-order valence-electron chi connectivity index (χ2n) is 4.24. The van der Waals surface area contributed by atoms with E-state index in [-0.39, 0.29) is 6.04 Å². The maximum atomic E-state index is 5.81. The van der Waals surface area contributed by atoms with E-state index in [0.29, 0.717) is 11.5 Å². The molecule has 1 aromatic rings. The molecule has 1 aromatic carbocycles. The molecule has 0 aliphatic rings. The molecule has 0 aromatic heterocycles. The number of nitrogens with zero attached hydrogens (tertiary/aromatic N) is 1. The Bertz CT molecular complexity index is 394. The van der Waals surface area contributed by atoms with Crippen molar-refractivity contribution in [3.63, 3.8) is 0 Å². The van der Waals surface area contributed by atoms with E-state index in [1.807, 2.05) is 31.0 Å². The number of methoxy groups -OCH3 is 3. The molecule has 0 fully saturated rings. The Morgan fingerprint density at radius 2 is 1.56 bits per heavy atom. The highest BCUT2D eigenvalue weighted by Gasteiger charge is 2.15. The number of nitrogens with two attached hydrogens (primary N) is 1. The largest absolute Gasteiger partial charge is 0.494 e. The standard InChI is InChI=1S/C13H22N2O3/c1-9(14)8-15(2)10-6-12(17-4)13(18-5)7-11(10)16-3/h6-7,9H,8,14H2,1-5H3. The predicted molar refractivity (Wildman–Crippen MR) is 73.0 cm³/mol. The molecule has 0 saturated carbocycles. The molecule has 0 radical (unpaired) electrons. The summed E-state index contributed by atoms with van der Waals surface area (Å²) < 4.78 is 15.9. The zero-order valence-electron chi connectivity index (χ0n) is 11.7. The predicted octanol–water partition coefficient (Wildman–Crippen LogP) is 1.50. The van der Waals surface area contributed by atoms with Crippen LogP contribution in [0.15, 0.2) is 12.1 Å². The van der Waals surface area contributed by atoms with Gasteiger partial charge in [-0.25, -0.2) is 0 Å². The third kappa shape index (κ3) is 3.20. The molecule has 0 bridgehead atoms. The second kappa shape index (κ2) is 6.35. The number of hydrogen-bond acceptors (Lipinski definition) is 5. The van der Waals surface area contributed by atoms with Gasteiger partial charge in [0.05, 0.1) is 27.0 Å². The van der Waals surface area contributed by atoms with Crippen LogP contribution in [0.1, 0.15) is 6.92 Å². The molecule has 0 spiro atoms. The summed E-state index contributed by atoms with van der Waals surface area (Å²) in [6, 6.07) is 3.78. The summed E-state index contributed by atoms with van der Waals surface area (Å²) in [7, 11) is 6.81. The van der Waals surface area contributed by atoms with Gasteiger partial charge in [-0.1, -0.05) is 0 Å². The van der Waals surface area contributed by atoms with Crippen LogP contribution in [-0.2, 0) is 0 Å². The van der Waals surface area contributed by atoms with E-state index in [9.17, 15) is 0 Å². The van der Waals surface area contributed by atoms with E-state index < -0.39 is 0 Å². The van der Waals surface area contributed by atoms with Crippen LogP contribution >= 0.6 is 0 Å². The van der Waals surface area contributed by atoms with Gasteiger partial charge in [-0.05, 0) is 6.92 Å². The number of hydrogen-bond donors (Lipinski definition) is 1. The van der Waals surface area contributed by atoms with Crippen molar-refractivity contribution < 1.29 is 14.2 Å². The molecule has 0 saturated heterocycles. The molecular formula is C13H22N2O3. The lowest BCUT2D eigenvalue weighted by Crippen LogP contribution is -2.33. The smallest absolute Gasteiger partial charge is 0.164 e. The van der Waals surface area contributed by atoms with Crippen LogP contribution in [-0.4, -0.2) is 41.0 Å². The van der Waals surface area contributed by atoms with Crippen LogP contribution in [0.2, 0.25) is 0 Å². The molecule has 0 aliphatic carbocycles. The van der Waals surface area contributed by atoms with Crippen molar-refractivity contribution in [1.29, 1.82) is 0 Å². The Kier molecular flexibility index (Phi) is 5.09. The molecule has 0 amide bonds. The minimum Gasteiger partial charge on any atom is -0.494 e. The van der Waals surface area contributed by atoms with Gasteiger partial charge in [0.25, 0.3) is 0 Å². The highest BCUT2D eigenvalue weighted by molar-refractivity contribution is 5.65. The molecule has 102 valence electrons. The van der Waals surface area contributed by atoms with Crippen LogP contribution in [0.3, 0.4) is 0 Å². The molecule has 5 nitrogen and oxygen atoms in total. The molecule has 0 aliphatic heterocycles. The van der Waals surface area contributed by atoms with Crippen molar-refractivity contribution in [2.75, 3.05) is 39.8 Å². The number of benzene rings is 1. The summed E-state index contributed by atoms with van der Waals surface area (Å²) >= 11 is 0. The first-order valence-electron chi connectivity index (χ1n) is 5.80. The average molecular weight is 254 g/mol. The summed E-state index contributed by atoms with van der Waals surface area (Å²) in [6.07, 6.45) is 0. The topological polar surface area (TPSA) is 57.0 Å². The average Bonchev–Trinajstić information content (AvgIpc) is 2.36. The monoisotopic (exact) mass is 254 g/mol. The first-order valence-corrected chi connectivity index (χ1v) is 5.80. The van der Waals surface area contributed by atoms with E-state index in [1.165, 1.54) is 0 Å². The Labute approximate surface area is 108 Å². The summed E-state index contributed by atoms with van der Waals surface area (Å²) in [5, 5.41) is 0. The van der Waals surface area contributed by atoms with Crippen LogP contribution < -0.4 is 24.8 Å². The van der Waals surface area contributed by atoms with Crippen molar-refractivity contribution in [3.05, 3.63) is 12.1 Å². The van der Waals surface area contributed by atoms with Crippen molar-refractivity contribution in [2.45, 2.75) is 13.0 Å². The molecule has 5 heteroatoms. The Hall–Kier alpha value is -1.62. The molecular weight excluding hydrogens is 232 g/mol. The zero-order chi connectivity index (χ0) is 13.7. The fourth-order valence-corrected chi connectivity index (χ4v) is 1.84. The summed E-state index contributed by atoms with van der Waals surface area (Å²) in [5.74, 6) is 2.05. The lowest BCUT2D eigenvalue weighted by molar-refractivity contribution is 0.349. The number of likely N-dealkylation sites (N-methyl/N-ethyl adjacent to an activating group) is 1. The van der Waals surface area contributed by atoms with E-state index in [0.717, 1.165) is 18.0 Å². The maximum absolute atomic E-state index is 5.81. The molecule has 1 rings (SSSR count). The molecule has 2 N–H and O–H groups in total. The number of anilines is 1. The van der Waals surface area contributed by atoms with E-state index >= 15 is 0 Å². The minimum absolute atomic E-state index is 0.0767. The third-order valence-corrected chi connectivity index (χ3v) is 2.66. The minimum atomic E-state index is 0.0767. The Balaban J connectivity index is 3.16. The van der Waals surface area contributed by atoms with Gasteiger partial charge in [-0.3, -0.25) is 0 Å². The van der Waals surface area contributed by atoms with E-state index in [1.54, 1.807) is 21.3 Å². The summed E-state index contributed by atoms with van der Waals surface area (Å²) in [5.41, 5.74) is 6.73. The first-order chi connectivity index (χ1) is 8.53. The summed E-state index contributed by atoms with van der Waals surface area (Å²) in [4.78, 5) is 2.03. The Morgan fingerprint density at radius 1 is 1.06 bits per heavy atom. The van der Waals surface area contributed by atoms with Gasteiger partial charge in [0.2, 0.25) is 0 Å². The normalized spacial score (nSPS) is 11.9. The zero-order valence-corrected chi connectivity index (χ0v) is 11.7. The lowest BCUT2D eigenvalue weighted by atomic mass is 10.2. The quantitative estimate of drug-likeness (QED) is 0.833. The molecule has 18 heavy (non-hydrogen) atoms. The van der Waals surface area contributed by atoms with Crippen LogP contribution in [0.4, 0.5) is 5.69 Å². The molecule has 1 atom stereocenters. The first kappa shape index (κ1) is 14.4. The second-order valence-corrected chi connectivity index (χ2v) is 4.24. The third-order valence-electron chi connectivity index (χ3n) is 2.66. The van der Waals surface area contributed by atoms with Crippen LogP contribution in [0.5, 0.6) is 17.2 Å². The fourth-order valence-electron chi connectivity index (χ4n) is 1.84. The van der Waals surface area contributed by atoms with Crippen molar-refractivity contribution >= 4 is 5.69 Å². The Morgan fingerprint density at radius 3 is 2.00 bits per heavy atom. The lowest BCUT2D eigenvalue weighted by Gasteiger charge is -2.24. The highest BCUT2D eigenvalue weighted by Crippen LogP contribution is 2.39. The number of rotatable bonds is 6.